The standard InChI is InChI=1S/C16H24BrNO/c1-11-5-4-6-14(9-11)18(3)16-8-7-13(17)10-15(16)12(2)19/h7-8,10-12,14,19H,4-6,9H2,1-3H3. The zero-order valence-electron chi connectivity index (χ0n) is 12.1. The summed E-state index contributed by atoms with van der Waals surface area (Å²) in [7, 11) is 2.16. The van der Waals surface area contributed by atoms with Crippen LogP contribution in [0.3, 0.4) is 0 Å². The molecule has 2 nitrogen and oxygen atoms in total. The molecular formula is C16H24BrNO. The number of hydrogen-bond donors (Lipinski definition) is 1. The Hall–Kier alpha value is -0.540. The minimum atomic E-state index is -0.434. The van der Waals surface area contributed by atoms with Crippen molar-refractivity contribution in [2.24, 2.45) is 5.92 Å². The molecule has 0 saturated heterocycles. The van der Waals surface area contributed by atoms with Gasteiger partial charge in [0.15, 0.2) is 0 Å². The van der Waals surface area contributed by atoms with Crippen LogP contribution in [0.2, 0.25) is 0 Å². The maximum atomic E-state index is 9.98. The van der Waals surface area contributed by atoms with E-state index in [1.807, 2.05) is 13.0 Å². The minimum absolute atomic E-state index is 0.434. The fourth-order valence-corrected chi connectivity index (χ4v) is 3.51. The molecule has 3 atom stereocenters. The predicted octanol–water partition coefficient (Wildman–Crippen LogP) is 4.52. The van der Waals surface area contributed by atoms with Crippen LogP contribution in [0.5, 0.6) is 0 Å². The van der Waals surface area contributed by atoms with Gasteiger partial charge >= 0.3 is 0 Å². The zero-order valence-corrected chi connectivity index (χ0v) is 13.7. The summed E-state index contributed by atoms with van der Waals surface area (Å²) in [6.07, 6.45) is 4.75. The normalized spacial score (nSPS) is 25.1. The summed E-state index contributed by atoms with van der Waals surface area (Å²) in [5.41, 5.74) is 2.17. The Morgan fingerprint density at radius 3 is 2.74 bits per heavy atom. The quantitative estimate of drug-likeness (QED) is 0.883. The van der Waals surface area contributed by atoms with E-state index in [0.717, 1.165) is 21.6 Å². The summed E-state index contributed by atoms with van der Waals surface area (Å²) >= 11 is 3.49. The van der Waals surface area contributed by atoms with Crippen LogP contribution in [-0.2, 0) is 0 Å². The number of anilines is 1. The summed E-state index contributed by atoms with van der Waals surface area (Å²) in [5, 5.41) is 9.98. The molecule has 0 radical (unpaired) electrons. The number of halogens is 1. The summed E-state index contributed by atoms with van der Waals surface area (Å²) in [6.45, 7) is 4.18. The second-order valence-corrected chi connectivity index (χ2v) is 6.83. The lowest BCUT2D eigenvalue weighted by Crippen LogP contribution is -2.36. The van der Waals surface area contributed by atoms with E-state index in [9.17, 15) is 5.11 Å². The number of rotatable bonds is 3. The van der Waals surface area contributed by atoms with E-state index >= 15 is 0 Å². The lowest BCUT2D eigenvalue weighted by atomic mass is 9.86. The Morgan fingerprint density at radius 1 is 1.37 bits per heavy atom. The van der Waals surface area contributed by atoms with Crippen LogP contribution in [-0.4, -0.2) is 18.2 Å². The van der Waals surface area contributed by atoms with Crippen LogP contribution in [0.4, 0.5) is 5.69 Å². The van der Waals surface area contributed by atoms with Crippen LogP contribution in [0.25, 0.3) is 0 Å². The smallest absolute Gasteiger partial charge is 0.0782 e. The van der Waals surface area contributed by atoms with Crippen molar-refractivity contribution in [3.63, 3.8) is 0 Å². The van der Waals surface area contributed by atoms with E-state index in [1.54, 1.807) is 0 Å². The van der Waals surface area contributed by atoms with Crippen LogP contribution < -0.4 is 4.90 Å². The van der Waals surface area contributed by atoms with E-state index in [1.165, 1.54) is 25.7 Å². The molecule has 1 aromatic rings. The van der Waals surface area contributed by atoms with Gasteiger partial charge in [0.2, 0.25) is 0 Å². The molecule has 3 unspecified atom stereocenters. The number of hydrogen-bond acceptors (Lipinski definition) is 2. The molecule has 1 saturated carbocycles. The third-order valence-electron chi connectivity index (χ3n) is 4.28. The van der Waals surface area contributed by atoms with Crippen LogP contribution in [0.15, 0.2) is 22.7 Å². The highest BCUT2D eigenvalue weighted by atomic mass is 79.9. The van der Waals surface area contributed by atoms with Crippen LogP contribution >= 0.6 is 15.9 Å². The summed E-state index contributed by atoms with van der Waals surface area (Å²) in [4.78, 5) is 2.37. The van der Waals surface area contributed by atoms with Gasteiger partial charge in [-0.3, -0.25) is 0 Å². The molecule has 1 aliphatic carbocycles. The molecule has 2 rings (SSSR count). The van der Waals surface area contributed by atoms with Gasteiger partial charge in [-0.25, -0.2) is 0 Å². The molecule has 19 heavy (non-hydrogen) atoms. The average Bonchev–Trinajstić information content (AvgIpc) is 2.37. The Morgan fingerprint density at radius 2 is 2.11 bits per heavy atom. The van der Waals surface area contributed by atoms with Crippen molar-refractivity contribution in [2.45, 2.75) is 51.7 Å². The fraction of sp³-hybridized carbons (Fsp3) is 0.625. The van der Waals surface area contributed by atoms with Gasteiger partial charge in [0.1, 0.15) is 0 Å². The molecule has 0 bridgehead atoms. The van der Waals surface area contributed by atoms with Gasteiger partial charge in [-0.05, 0) is 43.9 Å². The lowest BCUT2D eigenvalue weighted by molar-refractivity contribution is 0.199. The molecular weight excluding hydrogens is 302 g/mol. The maximum Gasteiger partial charge on any atom is 0.0782 e. The summed E-state index contributed by atoms with van der Waals surface area (Å²) in [6, 6.07) is 6.81. The Bertz CT molecular complexity index is 433. The van der Waals surface area contributed by atoms with Crippen molar-refractivity contribution in [3.8, 4) is 0 Å². The molecule has 0 aliphatic heterocycles. The number of aliphatic hydroxyl groups excluding tert-OH is 1. The summed E-state index contributed by atoms with van der Waals surface area (Å²) < 4.78 is 1.03. The summed E-state index contributed by atoms with van der Waals surface area (Å²) in [5.74, 6) is 0.812. The van der Waals surface area contributed by atoms with Crippen molar-refractivity contribution in [3.05, 3.63) is 28.2 Å². The first-order chi connectivity index (χ1) is 8.99. The van der Waals surface area contributed by atoms with Gasteiger partial charge < -0.3 is 10.0 Å². The average molecular weight is 326 g/mol. The van der Waals surface area contributed by atoms with Gasteiger partial charge in [0.05, 0.1) is 6.10 Å². The van der Waals surface area contributed by atoms with Gasteiger partial charge in [-0.1, -0.05) is 35.7 Å². The van der Waals surface area contributed by atoms with Crippen LogP contribution in [0, 0.1) is 5.92 Å². The number of nitrogens with zero attached hydrogens (tertiary/aromatic N) is 1. The van der Waals surface area contributed by atoms with E-state index in [-0.39, 0.29) is 0 Å². The maximum absolute atomic E-state index is 9.98. The molecule has 1 fully saturated rings. The van der Waals surface area contributed by atoms with Gasteiger partial charge in [-0.15, -0.1) is 0 Å². The Balaban J connectivity index is 2.25. The molecule has 3 heteroatoms. The highest BCUT2D eigenvalue weighted by Crippen LogP contribution is 2.34. The monoisotopic (exact) mass is 325 g/mol. The third-order valence-corrected chi connectivity index (χ3v) is 4.77. The van der Waals surface area contributed by atoms with E-state index in [4.69, 9.17) is 0 Å². The molecule has 1 N–H and O–H groups in total. The van der Waals surface area contributed by atoms with E-state index < -0.39 is 6.10 Å². The SMILES string of the molecule is CC1CCCC(N(C)c2ccc(Br)cc2C(C)O)C1. The molecule has 0 heterocycles. The second-order valence-electron chi connectivity index (χ2n) is 5.92. The fourth-order valence-electron chi connectivity index (χ4n) is 3.13. The molecule has 0 amide bonds. The lowest BCUT2D eigenvalue weighted by Gasteiger charge is -2.37. The molecule has 1 aromatic carbocycles. The second kappa shape index (κ2) is 6.27. The van der Waals surface area contributed by atoms with Crippen molar-refractivity contribution in [2.75, 3.05) is 11.9 Å². The molecule has 1 aliphatic rings. The first kappa shape index (κ1) is 14.9. The van der Waals surface area contributed by atoms with Crippen molar-refractivity contribution >= 4 is 21.6 Å². The first-order valence-corrected chi connectivity index (χ1v) is 7.98. The Labute approximate surface area is 124 Å². The topological polar surface area (TPSA) is 23.5 Å². The minimum Gasteiger partial charge on any atom is -0.389 e. The first-order valence-electron chi connectivity index (χ1n) is 7.19. The third kappa shape index (κ3) is 3.51. The molecule has 0 aromatic heterocycles. The van der Waals surface area contributed by atoms with E-state index in [0.29, 0.717) is 6.04 Å². The van der Waals surface area contributed by atoms with Gasteiger partial charge in [0.25, 0.3) is 0 Å². The van der Waals surface area contributed by atoms with Crippen molar-refractivity contribution in [1.29, 1.82) is 0 Å². The highest BCUT2D eigenvalue weighted by Gasteiger charge is 2.24. The highest BCUT2D eigenvalue weighted by molar-refractivity contribution is 9.10. The number of benzene rings is 1. The van der Waals surface area contributed by atoms with Crippen LogP contribution in [0.1, 0.15) is 51.2 Å². The van der Waals surface area contributed by atoms with E-state index in [2.05, 4.69) is 46.9 Å². The van der Waals surface area contributed by atoms with Gasteiger partial charge in [0, 0.05) is 28.8 Å². The van der Waals surface area contributed by atoms with Gasteiger partial charge in [-0.2, -0.15) is 0 Å². The Kier molecular flexibility index (Phi) is 4.91. The molecule has 0 spiro atoms. The largest absolute Gasteiger partial charge is 0.389 e. The molecule has 106 valence electrons. The van der Waals surface area contributed by atoms with Crippen molar-refractivity contribution in [1.82, 2.24) is 0 Å². The van der Waals surface area contributed by atoms with Crippen molar-refractivity contribution < 1.29 is 5.11 Å². The predicted molar refractivity (Wildman–Crippen MR) is 84.6 cm³/mol. The number of aliphatic hydroxyl groups is 1. The zero-order chi connectivity index (χ0) is 14.0.